The summed E-state index contributed by atoms with van der Waals surface area (Å²) in [6.45, 7) is -2.08. The average Bonchev–Trinajstić information content (AvgIpc) is 3.77. The molecule has 0 aromatic carbocycles. The van der Waals surface area contributed by atoms with Crippen LogP contribution >= 0.6 is 68.5 Å². The van der Waals surface area contributed by atoms with Crippen molar-refractivity contribution in [3.8, 4) is 23.7 Å². The van der Waals surface area contributed by atoms with E-state index in [0.29, 0.717) is 0 Å². The Bertz CT molecular complexity index is 2530. The third-order valence-electron chi connectivity index (χ3n) is 8.09. The molecule has 2 fully saturated rings. The average molecular weight is 1130 g/mol. The van der Waals surface area contributed by atoms with Gasteiger partial charge in [0.25, 0.3) is 0 Å². The minimum Gasteiger partial charge on any atom is -0.383 e. The molecule has 0 saturated carbocycles. The zero-order chi connectivity index (χ0) is 50.9. The second-order valence-corrected chi connectivity index (χ2v) is 24.2. The smallest absolute Gasteiger partial charge is 0.383 e. The molecule has 0 aliphatic carbocycles. The molecule has 384 valence electrons. The number of phosphoric acid groups is 6. The normalized spacial score (nSPS) is 26.8. The molecule has 42 heteroatoms. The lowest BCUT2D eigenvalue weighted by atomic mass is 10.1. The number of aromatic nitrogens is 2. The van der Waals surface area contributed by atoms with E-state index in [1.165, 1.54) is 12.4 Å². The number of aliphatic hydroxyl groups excluding tert-OH is 1. The maximum atomic E-state index is 12.8. The number of hydrogen-bond donors (Lipinski definition) is 13. The first-order valence-corrected chi connectivity index (χ1v) is 29.6. The van der Waals surface area contributed by atoms with Gasteiger partial charge in [0.05, 0.1) is 49.6 Å². The summed E-state index contributed by atoms with van der Waals surface area (Å²) in [6.07, 6.45) is -6.90. The van der Waals surface area contributed by atoms with Gasteiger partial charge in [-0.05, 0) is 0 Å². The fourth-order valence-electron chi connectivity index (χ4n) is 5.59. The number of aliphatic hydroxyl groups is 1. The van der Waals surface area contributed by atoms with Crippen LogP contribution in [0.2, 0.25) is 0 Å². The van der Waals surface area contributed by atoms with Crippen molar-refractivity contribution in [1.29, 1.82) is 0 Å². The van der Waals surface area contributed by atoms with Crippen molar-refractivity contribution in [1.82, 2.24) is 14.5 Å². The number of nitrogens with two attached hydrogens (primary N) is 4. The fraction of sp³-hybridized carbons (Fsp3) is 0.577. The Kier molecular flexibility index (Phi) is 21.2. The van der Waals surface area contributed by atoms with Crippen molar-refractivity contribution in [2.45, 2.75) is 56.1 Å². The summed E-state index contributed by atoms with van der Waals surface area (Å²) < 4.78 is 120. The Morgan fingerprint density at radius 3 is 1.68 bits per heavy atom. The van der Waals surface area contributed by atoms with Gasteiger partial charge in [0.1, 0.15) is 48.2 Å². The summed E-state index contributed by atoms with van der Waals surface area (Å²) in [5, 5.41) is 10.7. The monoisotopic (exact) mass is 1130 g/mol. The van der Waals surface area contributed by atoms with Gasteiger partial charge in [0.2, 0.25) is 6.35 Å². The number of nitrogen functional groups attached to an aromatic ring is 1. The Morgan fingerprint density at radius 1 is 0.721 bits per heavy atom. The molecule has 11 atom stereocenters. The van der Waals surface area contributed by atoms with Gasteiger partial charge in [-0.25, -0.2) is 37.2 Å². The topological polar surface area (TPSA) is 531 Å². The van der Waals surface area contributed by atoms with Gasteiger partial charge in [0, 0.05) is 25.2 Å². The number of ether oxygens (including phenoxy) is 4. The van der Waals surface area contributed by atoms with Crippen LogP contribution in [0.15, 0.2) is 27.8 Å². The van der Waals surface area contributed by atoms with E-state index in [-0.39, 0.29) is 60.6 Å². The first-order valence-electron chi connectivity index (χ1n) is 18.0. The molecule has 4 heterocycles. The molecule has 17 N–H and O–H groups in total. The molecule has 0 spiro atoms. The number of hydrogen-bond acceptors (Lipinski definition) is 27. The van der Waals surface area contributed by atoms with Gasteiger partial charge < -0.3 is 91.0 Å². The van der Waals surface area contributed by atoms with Gasteiger partial charge in [-0.15, -0.1) is 0 Å². The van der Waals surface area contributed by atoms with Crippen LogP contribution < -0.4 is 28.6 Å². The molecule has 68 heavy (non-hydrogen) atoms. The predicted molar refractivity (Wildman–Crippen MR) is 229 cm³/mol. The van der Waals surface area contributed by atoms with Gasteiger partial charge in [0.15, 0.2) is 0 Å². The summed E-state index contributed by atoms with van der Waals surface area (Å²) in [7, 11) is -32.5. The van der Waals surface area contributed by atoms with Crippen LogP contribution in [0.25, 0.3) is 0 Å². The number of phosphoric ester groups is 2. The van der Waals surface area contributed by atoms with Crippen LogP contribution in [-0.4, -0.2) is 140 Å². The fourth-order valence-corrected chi connectivity index (χ4v) is 13.0. The SMILES string of the molecule is NCC#CC1=CN([C@H]2CC(OCSSCOC3C[C@H](n4cc(C#CCN)c(N)nc4=O)O[C@@H]3COP(=O)(O)OP(=O)(O)OP(=O)(O)O)[C@@H](COP(=O)(O)OP(=O)(O)OP(=O)(O)O)O2)C(O)N=C1N. The first kappa shape index (κ1) is 58.6. The molecule has 0 amide bonds. The quantitative estimate of drug-likeness (QED) is 0.0187. The number of amidine groups is 1. The molecule has 4 rings (SSSR count). The zero-order valence-corrected chi connectivity index (χ0v) is 40.9. The van der Waals surface area contributed by atoms with E-state index in [0.717, 1.165) is 31.1 Å². The van der Waals surface area contributed by atoms with E-state index in [1.807, 2.05) is 0 Å². The van der Waals surface area contributed by atoms with Crippen LogP contribution in [0.5, 0.6) is 0 Å². The van der Waals surface area contributed by atoms with E-state index < -0.39 is 109 Å². The molecule has 7 unspecified atom stereocenters. The van der Waals surface area contributed by atoms with E-state index >= 15 is 0 Å². The largest absolute Gasteiger partial charge is 0.490 e. The summed E-state index contributed by atoms with van der Waals surface area (Å²) in [5.41, 5.74) is 21.8. The molecular formula is C26H42N8O26P6S2. The predicted octanol–water partition coefficient (Wildman–Crippen LogP) is -1.91. The first-order chi connectivity index (χ1) is 31.4. The van der Waals surface area contributed by atoms with Crippen LogP contribution in [0.1, 0.15) is 24.6 Å². The molecule has 2 saturated heterocycles. The van der Waals surface area contributed by atoms with Gasteiger partial charge in [-0.1, -0.05) is 45.3 Å². The lowest BCUT2D eigenvalue weighted by Gasteiger charge is -2.32. The summed E-state index contributed by atoms with van der Waals surface area (Å²) in [5.74, 6) is 9.50. The Morgan fingerprint density at radius 2 is 1.19 bits per heavy atom. The Balaban J connectivity index is 1.45. The maximum Gasteiger partial charge on any atom is 0.490 e. The minimum absolute atomic E-state index is 0.0630. The van der Waals surface area contributed by atoms with Crippen LogP contribution in [0, 0.1) is 23.7 Å². The number of nitrogens with zero attached hydrogens (tertiary/aromatic N) is 4. The van der Waals surface area contributed by atoms with Crippen molar-refractivity contribution in [2.24, 2.45) is 22.2 Å². The second-order valence-electron chi connectivity index (χ2n) is 13.0. The highest BCUT2D eigenvalue weighted by Crippen LogP contribution is 2.67. The molecule has 0 radical (unpaired) electrons. The summed E-state index contributed by atoms with van der Waals surface area (Å²) >= 11 is 0. The maximum absolute atomic E-state index is 12.8. The van der Waals surface area contributed by atoms with Crippen LogP contribution in [-0.2, 0) is 72.6 Å². The van der Waals surface area contributed by atoms with Crippen molar-refractivity contribution < 1.29 is 117 Å². The molecule has 1 aromatic rings. The third-order valence-corrected chi connectivity index (χ3v) is 17.4. The van der Waals surface area contributed by atoms with E-state index in [2.05, 4.69) is 50.9 Å². The standard InChI is InChI=1S/C26H42N8O26P6S2/c27-5-1-3-15-9-33(25(35)31-23(15)29)21-7-17(19(55-21)11-53-63(43,44)59-65(47,48)57-61(37,38)39)51-13-67-68-14-52-18-8-22(34-10-16(4-2-6-28)24(30)32-26(34)36)56-20(18)12-54-64(45,46)60-66(49,50)58-62(40,41)42/h9-10,17-22,25,35H,5-8,11-14,27-28H2,(H2,29,31)(H,43,44)(H,45,46)(H,47,48)(H,49,50)(H2,30,32,36)(H2,37,38,39)(H2,40,41,42)/t17?,18?,19-,20-,21-,22-,25?/m1/s1. The van der Waals surface area contributed by atoms with E-state index in [1.54, 1.807) is 0 Å². The molecule has 34 nitrogen and oxygen atoms in total. The number of anilines is 1. The third kappa shape index (κ3) is 19.2. The molecule has 1 aromatic heterocycles. The highest BCUT2D eigenvalue weighted by Gasteiger charge is 2.46. The minimum atomic E-state index is -5.89. The summed E-state index contributed by atoms with van der Waals surface area (Å²) in [4.78, 5) is 96.0. The second kappa shape index (κ2) is 24.6. The molecule has 3 aliphatic heterocycles. The zero-order valence-electron chi connectivity index (χ0n) is 33.9. The van der Waals surface area contributed by atoms with E-state index in [9.17, 15) is 56.9 Å². The van der Waals surface area contributed by atoms with Crippen molar-refractivity contribution in [3.05, 3.63) is 34.0 Å². The molecule has 3 aliphatic rings. The van der Waals surface area contributed by atoms with E-state index in [4.69, 9.17) is 70.5 Å². The number of rotatable bonds is 23. The van der Waals surface area contributed by atoms with Crippen LogP contribution in [0.3, 0.4) is 0 Å². The number of aliphatic imine (C=N–C) groups is 1. The summed E-state index contributed by atoms with van der Waals surface area (Å²) in [6, 6.07) is 0. The van der Waals surface area contributed by atoms with Gasteiger partial charge in [-0.3, -0.25) is 13.6 Å². The van der Waals surface area contributed by atoms with Gasteiger partial charge in [-0.2, -0.15) is 22.2 Å². The highest BCUT2D eigenvalue weighted by molar-refractivity contribution is 8.76. The van der Waals surface area contributed by atoms with Gasteiger partial charge >= 0.3 is 52.6 Å². The Hall–Kier alpha value is -1.95. The van der Waals surface area contributed by atoms with Crippen molar-refractivity contribution in [2.75, 3.05) is 43.9 Å². The van der Waals surface area contributed by atoms with Crippen molar-refractivity contribution >= 4 is 80.2 Å². The molecule has 0 bridgehead atoms. The lowest BCUT2D eigenvalue weighted by molar-refractivity contribution is -0.111. The van der Waals surface area contributed by atoms with Crippen LogP contribution in [0.4, 0.5) is 5.82 Å². The molecular weight excluding hydrogens is 1090 g/mol. The van der Waals surface area contributed by atoms with Crippen molar-refractivity contribution in [3.63, 3.8) is 0 Å². The Labute approximate surface area is 390 Å². The highest BCUT2D eigenvalue weighted by atomic mass is 33.1. The lowest BCUT2D eigenvalue weighted by Crippen LogP contribution is -2.43.